The van der Waals surface area contributed by atoms with Gasteiger partial charge in [0, 0.05) is 18.7 Å². The Kier molecular flexibility index (Phi) is 7.81. The zero-order valence-corrected chi connectivity index (χ0v) is 18.7. The van der Waals surface area contributed by atoms with E-state index in [1.54, 1.807) is 48.2 Å². The maximum absolute atomic E-state index is 13.2. The molecule has 0 radical (unpaired) electrons. The van der Waals surface area contributed by atoms with Crippen LogP contribution < -0.4 is 9.47 Å². The third-order valence-corrected chi connectivity index (χ3v) is 5.37. The molecule has 0 bridgehead atoms. The third-order valence-electron chi connectivity index (χ3n) is 5.37. The van der Waals surface area contributed by atoms with Gasteiger partial charge in [-0.05, 0) is 47.9 Å². The highest BCUT2D eigenvalue weighted by Gasteiger charge is 2.30. The minimum atomic E-state index is -4.44. The molecule has 0 aliphatic carbocycles. The molecule has 2 aromatic carbocycles. The first-order chi connectivity index (χ1) is 15.7. The van der Waals surface area contributed by atoms with Gasteiger partial charge in [-0.1, -0.05) is 30.4 Å². The second-order valence-corrected chi connectivity index (χ2v) is 7.47. The summed E-state index contributed by atoms with van der Waals surface area (Å²) in [5.41, 5.74) is 1.35. The fourth-order valence-corrected chi connectivity index (χ4v) is 3.56. The number of morpholine rings is 1. The molecule has 8 heteroatoms. The zero-order chi connectivity index (χ0) is 24.0. The summed E-state index contributed by atoms with van der Waals surface area (Å²) >= 11 is 0. The van der Waals surface area contributed by atoms with Crippen molar-refractivity contribution in [3.8, 4) is 11.5 Å². The van der Waals surface area contributed by atoms with Crippen molar-refractivity contribution in [2.45, 2.75) is 13.1 Å². The maximum atomic E-state index is 13.2. The largest absolute Gasteiger partial charge is 0.493 e. The van der Waals surface area contributed by atoms with Gasteiger partial charge in [-0.3, -0.25) is 4.79 Å². The summed E-state index contributed by atoms with van der Waals surface area (Å²) < 4.78 is 55.3. The van der Waals surface area contributed by atoms with Crippen molar-refractivity contribution < 1.29 is 32.2 Å². The van der Waals surface area contributed by atoms with E-state index in [2.05, 4.69) is 0 Å². The molecule has 0 unspecified atom stereocenters. The lowest BCUT2D eigenvalue weighted by atomic mass is 9.97. The van der Waals surface area contributed by atoms with Gasteiger partial charge in [0.1, 0.15) is 0 Å². The number of amides is 1. The number of allylic oxidation sites excluding steroid dienone is 2. The second-order valence-electron chi connectivity index (χ2n) is 7.47. The molecular weight excluding hydrogens is 435 g/mol. The summed E-state index contributed by atoms with van der Waals surface area (Å²) in [4.78, 5) is 14.9. The topological polar surface area (TPSA) is 48.0 Å². The molecule has 33 heavy (non-hydrogen) atoms. The standard InChI is InChI=1S/C25H26F3NO4/c1-17(24(30)29-11-13-33-14-12-29)21(19-8-10-22(31-2)23(16-19)32-3)9-7-18-5-4-6-20(15-18)25(26,27)28/h4-10,15-16H,11-14H2,1-3H3. The average Bonchev–Trinajstić information content (AvgIpc) is 2.83. The van der Waals surface area contributed by atoms with E-state index in [9.17, 15) is 18.0 Å². The van der Waals surface area contributed by atoms with Gasteiger partial charge in [-0.15, -0.1) is 0 Å². The summed E-state index contributed by atoms with van der Waals surface area (Å²) in [5, 5.41) is 0. The number of alkyl halides is 3. The van der Waals surface area contributed by atoms with Crippen LogP contribution in [0.4, 0.5) is 13.2 Å². The number of nitrogens with zero attached hydrogens (tertiary/aromatic N) is 1. The van der Waals surface area contributed by atoms with Crippen molar-refractivity contribution in [1.29, 1.82) is 0 Å². The summed E-state index contributed by atoms with van der Waals surface area (Å²) in [5.74, 6) is 0.850. The minimum absolute atomic E-state index is 0.156. The van der Waals surface area contributed by atoms with Gasteiger partial charge in [0.25, 0.3) is 0 Å². The molecule has 1 amide bonds. The Morgan fingerprint density at radius 3 is 2.36 bits per heavy atom. The number of halogens is 3. The molecule has 0 atom stereocenters. The van der Waals surface area contributed by atoms with Crippen molar-refractivity contribution in [3.05, 3.63) is 70.8 Å². The van der Waals surface area contributed by atoms with Crippen LogP contribution in [0.15, 0.2) is 54.1 Å². The van der Waals surface area contributed by atoms with Gasteiger partial charge in [0.05, 0.1) is 33.0 Å². The number of carbonyl (C=O) groups is 1. The number of hydrogen-bond donors (Lipinski definition) is 0. The summed E-state index contributed by atoms with van der Waals surface area (Å²) in [6, 6.07) is 10.3. The van der Waals surface area contributed by atoms with Crippen LogP contribution in [0.1, 0.15) is 23.6 Å². The van der Waals surface area contributed by atoms with Crippen LogP contribution in [-0.2, 0) is 15.7 Å². The molecule has 5 nitrogen and oxygen atoms in total. The molecule has 176 valence electrons. The van der Waals surface area contributed by atoms with Crippen molar-refractivity contribution in [1.82, 2.24) is 4.90 Å². The number of benzene rings is 2. The molecule has 1 aliphatic heterocycles. The SMILES string of the molecule is COc1ccc(C(C=Cc2cccc(C(F)(F)F)c2)=C(C)C(=O)N2CCOCC2)cc1OC. The summed E-state index contributed by atoms with van der Waals surface area (Å²) in [7, 11) is 3.03. The van der Waals surface area contributed by atoms with E-state index in [-0.39, 0.29) is 5.91 Å². The van der Waals surface area contributed by atoms with Crippen molar-refractivity contribution in [2.24, 2.45) is 0 Å². The van der Waals surface area contributed by atoms with Crippen LogP contribution in [0.3, 0.4) is 0 Å². The van der Waals surface area contributed by atoms with Gasteiger partial charge in [-0.25, -0.2) is 0 Å². The number of hydrogen-bond acceptors (Lipinski definition) is 4. The molecule has 0 N–H and O–H groups in total. The van der Waals surface area contributed by atoms with Gasteiger partial charge in [-0.2, -0.15) is 13.2 Å². The van der Waals surface area contributed by atoms with Gasteiger partial charge in [0.2, 0.25) is 5.91 Å². The highest BCUT2D eigenvalue weighted by molar-refractivity contribution is 6.03. The molecule has 1 aliphatic rings. The normalized spacial score (nSPS) is 15.4. The second kappa shape index (κ2) is 10.6. The van der Waals surface area contributed by atoms with Gasteiger partial charge < -0.3 is 19.1 Å². The third kappa shape index (κ3) is 5.96. The van der Waals surface area contributed by atoms with Crippen LogP contribution in [0.25, 0.3) is 11.6 Å². The Morgan fingerprint density at radius 1 is 1.03 bits per heavy atom. The first kappa shape index (κ1) is 24.4. The lowest BCUT2D eigenvalue weighted by Gasteiger charge is -2.27. The molecule has 1 saturated heterocycles. The predicted molar refractivity (Wildman–Crippen MR) is 120 cm³/mol. The van der Waals surface area contributed by atoms with Crippen LogP contribution >= 0.6 is 0 Å². The van der Waals surface area contributed by atoms with E-state index in [1.165, 1.54) is 20.3 Å². The Balaban J connectivity index is 2.05. The monoisotopic (exact) mass is 461 g/mol. The van der Waals surface area contributed by atoms with Gasteiger partial charge in [0.15, 0.2) is 11.5 Å². The van der Waals surface area contributed by atoms with E-state index < -0.39 is 11.7 Å². The minimum Gasteiger partial charge on any atom is -0.493 e. The smallest absolute Gasteiger partial charge is 0.416 e. The first-order valence-electron chi connectivity index (χ1n) is 10.4. The maximum Gasteiger partial charge on any atom is 0.416 e. The molecule has 3 rings (SSSR count). The highest BCUT2D eigenvalue weighted by atomic mass is 19.4. The van der Waals surface area contributed by atoms with Crippen molar-refractivity contribution in [3.63, 3.8) is 0 Å². The number of ether oxygens (including phenoxy) is 3. The Bertz CT molecular complexity index is 1050. The Morgan fingerprint density at radius 2 is 1.73 bits per heavy atom. The quantitative estimate of drug-likeness (QED) is 0.445. The van der Waals surface area contributed by atoms with E-state index in [4.69, 9.17) is 14.2 Å². The zero-order valence-electron chi connectivity index (χ0n) is 18.7. The van der Waals surface area contributed by atoms with E-state index in [0.717, 1.165) is 12.1 Å². The van der Waals surface area contributed by atoms with Crippen LogP contribution in [-0.4, -0.2) is 51.3 Å². The van der Waals surface area contributed by atoms with E-state index in [0.29, 0.717) is 60.1 Å². The molecule has 0 aromatic heterocycles. The number of rotatable bonds is 6. The van der Waals surface area contributed by atoms with Crippen molar-refractivity contribution in [2.75, 3.05) is 40.5 Å². The molecular formula is C25H26F3NO4. The summed E-state index contributed by atoms with van der Waals surface area (Å²) in [6.07, 6.45) is -1.21. The molecule has 2 aromatic rings. The summed E-state index contributed by atoms with van der Waals surface area (Å²) in [6.45, 7) is 3.59. The lowest BCUT2D eigenvalue weighted by molar-refractivity contribution is -0.137. The fourth-order valence-electron chi connectivity index (χ4n) is 3.56. The van der Waals surface area contributed by atoms with Crippen LogP contribution in [0.5, 0.6) is 11.5 Å². The highest BCUT2D eigenvalue weighted by Crippen LogP contribution is 2.33. The van der Waals surface area contributed by atoms with Crippen LogP contribution in [0.2, 0.25) is 0 Å². The number of methoxy groups -OCH3 is 2. The Labute approximate surface area is 191 Å². The number of carbonyl (C=O) groups excluding carboxylic acids is 1. The van der Waals surface area contributed by atoms with E-state index in [1.807, 2.05) is 0 Å². The molecule has 0 saturated carbocycles. The predicted octanol–water partition coefficient (Wildman–Crippen LogP) is 5.07. The average molecular weight is 461 g/mol. The van der Waals surface area contributed by atoms with Crippen LogP contribution in [0, 0.1) is 0 Å². The fraction of sp³-hybridized carbons (Fsp3) is 0.320. The molecule has 0 spiro atoms. The Hall–Kier alpha value is -3.26. The first-order valence-corrected chi connectivity index (χ1v) is 10.4. The molecule has 1 fully saturated rings. The molecule has 1 heterocycles. The lowest BCUT2D eigenvalue weighted by Crippen LogP contribution is -2.41. The van der Waals surface area contributed by atoms with E-state index >= 15 is 0 Å². The van der Waals surface area contributed by atoms with Gasteiger partial charge >= 0.3 is 6.18 Å². The van der Waals surface area contributed by atoms with Crippen molar-refractivity contribution >= 4 is 17.6 Å².